The van der Waals surface area contributed by atoms with Gasteiger partial charge >= 0.3 is 0 Å². The van der Waals surface area contributed by atoms with Crippen LogP contribution in [0.1, 0.15) is 0 Å². The topological polar surface area (TPSA) is 37.8 Å². The highest BCUT2D eigenvalue weighted by atomic mass is 79.9. The number of anilines is 2. The summed E-state index contributed by atoms with van der Waals surface area (Å²) in [5, 5.41) is 3.15. The molecule has 1 aromatic heterocycles. The molecule has 0 amide bonds. The van der Waals surface area contributed by atoms with Crippen molar-refractivity contribution >= 4 is 50.8 Å². The first-order valence-corrected chi connectivity index (χ1v) is 5.77. The van der Waals surface area contributed by atoms with Crippen LogP contribution in [0.4, 0.5) is 15.9 Å². The molecule has 0 radical (unpaired) electrons. The molecule has 2 aromatic rings. The Bertz CT molecular complexity index is 490. The van der Waals surface area contributed by atoms with E-state index >= 15 is 0 Å². The Labute approximate surface area is 103 Å². The van der Waals surface area contributed by atoms with Crippen molar-refractivity contribution in [1.29, 1.82) is 0 Å². The molecule has 0 unspecified atom stereocenters. The third-order valence-electron chi connectivity index (χ3n) is 1.63. The largest absolute Gasteiger partial charge is 0.336 e. The van der Waals surface area contributed by atoms with Crippen LogP contribution in [0, 0.1) is 5.82 Å². The highest BCUT2D eigenvalue weighted by Crippen LogP contribution is 2.28. The van der Waals surface area contributed by atoms with E-state index < -0.39 is 0 Å². The van der Waals surface area contributed by atoms with Gasteiger partial charge in [-0.1, -0.05) is 11.6 Å². The van der Waals surface area contributed by atoms with Crippen LogP contribution >= 0.6 is 39.3 Å². The first kappa shape index (κ1) is 10.8. The van der Waals surface area contributed by atoms with Crippen LogP contribution in [0.25, 0.3) is 0 Å². The van der Waals surface area contributed by atoms with Crippen LogP contribution < -0.4 is 5.32 Å². The minimum Gasteiger partial charge on any atom is -0.336 e. The average Bonchev–Trinajstić information content (AvgIpc) is 2.58. The summed E-state index contributed by atoms with van der Waals surface area (Å²) in [6, 6.07) is 4.31. The summed E-state index contributed by atoms with van der Waals surface area (Å²) < 4.78 is 21.4. The predicted octanol–water partition coefficient (Wildman–Crippen LogP) is 3.84. The third kappa shape index (κ3) is 2.45. The number of hydrogen-bond acceptors (Lipinski definition) is 4. The highest BCUT2D eigenvalue weighted by Gasteiger charge is 2.08. The Morgan fingerprint density at radius 3 is 2.87 bits per heavy atom. The zero-order valence-corrected chi connectivity index (χ0v) is 10.3. The van der Waals surface area contributed by atoms with Crippen LogP contribution in [0.2, 0.25) is 5.15 Å². The smallest absolute Gasteiger partial charge is 0.187 e. The summed E-state index contributed by atoms with van der Waals surface area (Å²) in [7, 11) is 0. The van der Waals surface area contributed by atoms with Gasteiger partial charge in [-0.05, 0) is 34.1 Å². The second-order valence-corrected chi connectivity index (χ2v) is 4.39. The van der Waals surface area contributed by atoms with E-state index in [1.54, 1.807) is 6.07 Å². The quantitative estimate of drug-likeness (QED) is 0.916. The van der Waals surface area contributed by atoms with E-state index in [9.17, 15) is 4.39 Å². The Morgan fingerprint density at radius 1 is 1.40 bits per heavy atom. The minimum absolute atomic E-state index is 0.274. The molecule has 1 N–H and O–H groups in total. The summed E-state index contributed by atoms with van der Waals surface area (Å²) in [6.07, 6.45) is 0. The first-order chi connectivity index (χ1) is 7.16. The zero-order chi connectivity index (χ0) is 10.8. The molecule has 1 aromatic carbocycles. The van der Waals surface area contributed by atoms with E-state index in [0.717, 1.165) is 16.2 Å². The second kappa shape index (κ2) is 4.42. The first-order valence-electron chi connectivity index (χ1n) is 3.87. The minimum atomic E-state index is -0.333. The number of benzene rings is 1. The zero-order valence-electron chi connectivity index (χ0n) is 7.17. The van der Waals surface area contributed by atoms with Gasteiger partial charge in [0, 0.05) is 4.47 Å². The van der Waals surface area contributed by atoms with Gasteiger partial charge < -0.3 is 5.32 Å². The summed E-state index contributed by atoms with van der Waals surface area (Å²) in [6.45, 7) is 0. The van der Waals surface area contributed by atoms with Crippen LogP contribution in [0.3, 0.4) is 0 Å². The van der Waals surface area contributed by atoms with E-state index in [1.807, 2.05) is 0 Å². The van der Waals surface area contributed by atoms with Crippen molar-refractivity contribution in [1.82, 2.24) is 8.75 Å². The van der Waals surface area contributed by atoms with Gasteiger partial charge in [0.15, 0.2) is 11.0 Å². The summed E-state index contributed by atoms with van der Waals surface area (Å²) in [5.74, 6) is 0.0907. The van der Waals surface area contributed by atoms with E-state index in [-0.39, 0.29) is 11.0 Å². The Balaban J connectivity index is 2.32. The maximum Gasteiger partial charge on any atom is 0.187 e. The molecule has 0 bridgehead atoms. The fraction of sp³-hybridized carbons (Fsp3) is 0. The van der Waals surface area contributed by atoms with Crippen molar-refractivity contribution in [2.24, 2.45) is 0 Å². The van der Waals surface area contributed by atoms with Gasteiger partial charge in [-0.2, -0.15) is 8.75 Å². The number of hydrogen-bond donors (Lipinski definition) is 1. The second-order valence-electron chi connectivity index (χ2n) is 2.65. The molecule has 0 spiro atoms. The molecule has 0 saturated heterocycles. The molecular weight excluding hydrogens is 305 g/mol. The molecular formula is C8H4BrClFN3S. The van der Waals surface area contributed by atoms with Crippen molar-refractivity contribution in [3.63, 3.8) is 0 Å². The summed E-state index contributed by atoms with van der Waals surface area (Å²) in [5.41, 5.74) is 0.560. The van der Waals surface area contributed by atoms with E-state index in [4.69, 9.17) is 11.6 Å². The van der Waals surface area contributed by atoms with Crippen LogP contribution in [0.5, 0.6) is 0 Å². The van der Waals surface area contributed by atoms with Crippen LogP contribution in [-0.2, 0) is 0 Å². The van der Waals surface area contributed by atoms with Crippen LogP contribution in [-0.4, -0.2) is 8.75 Å². The number of nitrogens with one attached hydrogen (secondary N) is 1. The number of halogens is 3. The predicted molar refractivity (Wildman–Crippen MR) is 62.3 cm³/mol. The van der Waals surface area contributed by atoms with E-state index in [0.29, 0.717) is 11.5 Å². The SMILES string of the molecule is Fc1ccc(Br)c(Nc2nsnc2Cl)c1. The lowest BCUT2D eigenvalue weighted by Gasteiger charge is -2.05. The lowest BCUT2D eigenvalue weighted by molar-refractivity contribution is 0.628. The molecule has 0 fully saturated rings. The monoisotopic (exact) mass is 307 g/mol. The fourth-order valence-corrected chi connectivity index (χ4v) is 1.96. The van der Waals surface area contributed by atoms with Gasteiger partial charge in [-0.25, -0.2) is 4.39 Å². The summed E-state index contributed by atoms with van der Waals surface area (Å²) in [4.78, 5) is 0. The highest BCUT2D eigenvalue weighted by molar-refractivity contribution is 9.10. The van der Waals surface area contributed by atoms with Gasteiger partial charge in [-0.15, -0.1) is 0 Å². The molecule has 0 aliphatic carbocycles. The molecule has 0 aliphatic rings. The van der Waals surface area contributed by atoms with Gasteiger partial charge in [0.2, 0.25) is 0 Å². The average molecular weight is 309 g/mol. The fourth-order valence-electron chi connectivity index (χ4n) is 0.973. The molecule has 0 atom stereocenters. The van der Waals surface area contributed by atoms with Crippen molar-refractivity contribution in [3.05, 3.63) is 33.6 Å². The maximum absolute atomic E-state index is 12.9. The number of rotatable bonds is 2. The van der Waals surface area contributed by atoms with E-state index in [2.05, 4.69) is 30.0 Å². The lowest BCUT2D eigenvalue weighted by Crippen LogP contribution is -1.92. The Morgan fingerprint density at radius 2 is 2.20 bits per heavy atom. The van der Waals surface area contributed by atoms with Gasteiger partial charge in [-0.3, -0.25) is 0 Å². The van der Waals surface area contributed by atoms with Crippen molar-refractivity contribution < 1.29 is 4.39 Å². The Hall–Kier alpha value is -0.720. The van der Waals surface area contributed by atoms with Crippen molar-refractivity contribution in [2.75, 3.05) is 5.32 Å². The Kier molecular flexibility index (Phi) is 3.18. The molecule has 15 heavy (non-hydrogen) atoms. The lowest BCUT2D eigenvalue weighted by atomic mass is 10.3. The molecule has 1 heterocycles. The number of aromatic nitrogens is 2. The van der Waals surface area contributed by atoms with Crippen LogP contribution in [0.15, 0.2) is 22.7 Å². The molecule has 0 saturated carbocycles. The molecule has 2 rings (SSSR count). The number of nitrogens with zero attached hydrogens (tertiary/aromatic N) is 2. The van der Waals surface area contributed by atoms with Gasteiger partial charge in [0.1, 0.15) is 5.82 Å². The molecule has 7 heteroatoms. The normalized spacial score (nSPS) is 10.3. The van der Waals surface area contributed by atoms with Crippen molar-refractivity contribution in [3.8, 4) is 0 Å². The van der Waals surface area contributed by atoms with Gasteiger partial charge in [0.25, 0.3) is 0 Å². The van der Waals surface area contributed by atoms with Crippen molar-refractivity contribution in [2.45, 2.75) is 0 Å². The third-order valence-corrected chi connectivity index (χ3v) is 3.21. The molecule has 3 nitrogen and oxygen atoms in total. The summed E-state index contributed by atoms with van der Waals surface area (Å²) >= 11 is 10.0. The van der Waals surface area contributed by atoms with E-state index in [1.165, 1.54) is 12.1 Å². The maximum atomic E-state index is 12.9. The molecule has 0 aliphatic heterocycles. The standard InChI is InChI=1S/C8H4BrClFN3S/c9-5-2-1-4(11)3-6(5)12-8-7(10)13-15-14-8/h1-3H,(H,12,14). The van der Waals surface area contributed by atoms with Gasteiger partial charge in [0.05, 0.1) is 17.4 Å². The molecule has 78 valence electrons.